The first-order valence-electron chi connectivity index (χ1n) is 6.38. The van der Waals surface area contributed by atoms with Gasteiger partial charge in [-0.15, -0.1) is 12.4 Å². The molecule has 0 radical (unpaired) electrons. The highest BCUT2D eigenvalue weighted by Gasteiger charge is 2.21. The lowest BCUT2D eigenvalue weighted by Gasteiger charge is -2.30. The van der Waals surface area contributed by atoms with Crippen LogP contribution in [0.4, 0.5) is 0 Å². The van der Waals surface area contributed by atoms with Crippen molar-refractivity contribution in [2.24, 2.45) is 5.73 Å². The summed E-state index contributed by atoms with van der Waals surface area (Å²) in [6, 6.07) is 7.82. The summed E-state index contributed by atoms with van der Waals surface area (Å²) in [7, 11) is 0. The zero-order valence-corrected chi connectivity index (χ0v) is 12.0. The lowest BCUT2D eigenvalue weighted by Crippen LogP contribution is -2.47. The molecule has 1 aliphatic heterocycles. The van der Waals surface area contributed by atoms with E-state index in [9.17, 15) is 4.79 Å². The fraction of sp³-hybridized carbons (Fsp3) is 0.500. The van der Waals surface area contributed by atoms with E-state index in [1.165, 1.54) is 0 Å². The molecule has 1 fully saturated rings. The third-order valence-electron chi connectivity index (χ3n) is 3.16. The first-order valence-corrected chi connectivity index (χ1v) is 6.38. The number of nitrogens with two attached hydrogens (primary N) is 1. The Morgan fingerprint density at radius 2 is 2.32 bits per heavy atom. The van der Waals surface area contributed by atoms with Gasteiger partial charge in [-0.3, -0.25) is 4.79 Å². The Morgan fingerprint density at radius 1 is 1.53 bits per heavy atom. The minimum absolute atomic E-state index is 0. The van der Waals surface area contributed by atoms with Crippen LogP contribution in [0.5, 0.6) is 5.75 Å². The lowest BCUT2D eigenvalue weighted by atomic mass is 10.1. The Hall–Kier alpha value is -1.26. The Morgan fingerprint density at radius 3 is 3.00 bits per heavy atom. The number of carbonyl (C=O) groups is 1. The molecule has 0 aromatic heterocycles. The number of piperidine rings is 1. The van der Waals surface area contributed by atoms with Crippen molar-refractivity contribution >= 4 is 18.3 Å². The van der Waals surface area contributed by atoms with Gasteiger partial charge in [0.05, 0.1) is 0 Å². The van der Waals surface area contributed by atoms with Gasteiger partial charge in [0.2, 0.25) is 0 Å². The van der Waals surface area contributed by atoms with Gasteiger partial charge in [0, 0.05) is 19.1 Å². The average molecular weight is 285 g/mol. The van der Waals surface area contributed by atoms with Crippen molar-refractivity contribution in [2.45, 2.75) is 25.8 Å². The van der Waals surface area contributed by atoms with Crippen LogP contribution in [-0.2, 0) is 4.79 Å². The smallest absolute Gasteiger partial charge is 0.260 e. The van der Waals surface area contributed by atoms with E-state index >= 15 is 0 Å². The minimum atomic E-state index is 0. The highest BCUT2D eigenvalue weighted by atomic mass is 35.5. The molecule has 0 spiro atoms. The molecule has 106 valence electrons. The first-order chi connectivity index (χ1) is 8.65. The van der Waals surface area contributed by atoms with Crippen LogP contribution in [0.3, 0.4) is 0 Å². The van der Waals surface area contributed by atoms with E-state index in [-0.39, 0.29) is 31.0 Å². The van der Waals surface area contributed by atoms with Crippen molar-refractivity contribution < 1.29 is 9.53 Å². The quantitative estimate of drug-likeness (QED) is 0.920. The van der Waals surface area contributed by atoms with Gasteiger partial charge in [-0.05, 0) is 37.5 Å². The van der Waals surface area contributed by atoms with Gasteiger partial charge in [0.25, 0.3) is 5.91 Å². The lowest BCUT2D eigenvalue weighted by molar-refractivity contribution is -0.134. The fourth-order valence-electron chi connectivity index (χ4n) is 2.18. The minimum Gasteiger partial charge on any atom is -0.484 e. The SMILES string of the molecule is Cc1cccc(OCC(=O)N2CCCC(N)C2)c1.Cl. The molecule has 1 aromatic carbocycles. The van der Waals surface area contributed by atoms with Crippen LogP contribution in [-0.4, -0.2) is 36.5 Å². The van der Waals surface area contributed by atoms with Crippen LogP contribution in [0.1, 0.15) is 18.4 Å². The van der Waals surface area contributed by atoms with Crippen molar-refractivity contribution in [2.75, 3.05) is 19.7 Å². The van der Waals surface area contributed by atoms with Gasteiger partial charge in [-0.1, -0.05) is 12.1 Å². The maximum absolute atomic E-state index is 11.9. The molecular weight excluding hydrogens is 264 g/mol. The van der Waals surface area contributed by atoms with E-state index < -0.39 is 0 Å². The van der Waals surface area contributed by atoms with Gasteiger partial charge >= 0.3 is 0 Å². The number of rotatable bonds is 3. The van der Waals surface area contributed by atoms with Crippen LogP contribution in [0.25, 0.3) is 0 Å². The molecule has 1 atom stereocenters. The van der Waals surface area contributed by atoms with Gasteiger partial charge in [0.15, 0.2) is 6.61 Å². The number of halogens is 1. The highest BCUT2D eigenvalue weighted by Crippen LogP contribution is 2.13. The van der Waals surface area contributed by atoms with E-state index in [1.54, 1.807) is 4.90 Å². The Kier molecular flexibility index (Phi) is 6.12. The molecular formula is C14H21ClN2O2. The maximum Gasteiger partial charge on any atom is 0.260 e. The second kappa shape index (κ2) is 7.36. The number of hydrogen-bond acceptors (Lipinski definition) is 3. The van der Waals surface area contributed by atoms with Crippen molar-refractivity contribution in [3.63, 3.8) is 0 Å². The molecule has 1 amide bonds. The standard InChI is InChI=1S/C14H20N2O2.ClH/c1-11-4-2-6-13(8-11)18-10-14(17)16-7-3-5-12(15)9-16;/h2,4,6,8,12H,3,5,7,9-10,15H2,1H3;1H. The van der Waals surface area contributed by atoms with Crippen molar-refractivity contribution in [3.05, 3.63) is 29.8 Å². The molecule has 2 N–H and O–H groups in total. The van der Waals surface area contributed by atoms with Crippen molar-refractivity contribution in [1.29, 1.82) is 0 Å². The van der Waals surface area contributed by atoms with Crippen LogP contribution >= 0.6 is 12.4 Å². The predicted octanol–water partition coefficient (Wildman–Crippen LogP) is 1.75. The molecule has 1 aromatic rings. The topological polar surface area (TPSA) is 55.6 Å². The summed E-state index contributed by atoms with van der Waals surface area (Å²) in [4.78, 5) is 13.7. The van der Waals surface area contributed by atoms with E-state index in [4.69, 9.17) is 10.5 Å². The highest BCUT2D eigenvalue weighted by molar-refractivity contribution is 5.85. The van der Waals surface area contributed by atoms with Gasteiger partial charge in [-0.25, -0.2) is 0 Å². The average Bonchev–Trinajstić information content (AvgIpc) is 2.36. The number of ether oxygens (including phenoxy) is 1. The molecule has 2 rings (SSSR count). The molecule has 4 nitrogen and oxygen atoms in total. The number of hydrogen-bond donors (Lipinski definition) is 1. The third kappa shape index (κ3) is 4.73. The van der Waals surface area contributed by atoms with E-state index in [1.807, 2.05) is 31.2 Å². The monoisotopic (exact) mass is 284 g/mol. The fourth-order valence-corrected chi connectivity index (χ4v) is 2.18. The number of carbonyl (C=O) groups excluding carboxylic acids is 1. The first kappa shape index (κ1) is 15.8. The van der Waals surface area contributed by atoms with E-state index in [2.05, 4.69) is 0 Å². The molecule has 1 saturated heterocycles. The summed E-state index contributed by atoms with van der Waals surface area (Å²) in [5.41, 5.74) is 6.98. The molecule has 0 saturated carbocycles. The van der Waals surface area contributed by atoms with Crippen LogP contribution in [0.15, 0.2) is 24.3 Å². The molecule has 5 heteroatoms. The summed E-state index contributed by atoms with van der Waals surface area (Å²) in [5, 5.41) is 0. The zero-order chi connectivity index (χ0) is 13.0. The molecule has 0 aliphatic carbocycles. The van der Waals surface area contributed by atoms with Crippen molar-refractivity contribution in [3.8, 4) is 5.75 Å². The van der Waals surface area contributed by atoms with Crippen LogP contribution in [0.2, 0.25) is 0 Å². The molecule has 1 unspecified atom stereocenters. The number of aryl methyl sites for hydroxylation is 1. The summed E-state index contributed by atoms with van der Waals surface area (Å²) in [6.45, 7) is 3.54. The maximum atomic E-state index is 11.9. The van der Waals surface area contributed by atoms with Gasteiger partial charge < -0.3 is 15.4 Å². The normalized spacial score (nSPS) is 18.6. The molecule has 0 bridgehead atoms. The van der Waals surface area contributed by atoms with Crippen molar-refractivity contribution in [1.82, 2.24) is 4.90 Å². The third-order valence-corrected chi connectivity index (χ3v) is 3.16. The van der Waals surface area contributed by atoms with E-state index in [0.29, 0.717) is 6.54 Å². The number of likely N-dealkylation sites (tertiary alicyclic amines) is 1. The second-order valence-electron chi connectivity index (χ2n) is 4.85. The summed E-state index contributed by atoms with van der Waals surface area (Å²) >= 11 is 0. The van der Waals surface area contributed by atoms with Gasteiger partial charge in [0.1, 0.15) is 5.75 Å². The zero-order valence-electron chi connectivity index (χ0n) is 11.2. The van der Waals surface area contributed by atoms with Crippen LogP contribution < -0.4 is 10.5 Å². The number of amides is 1. The van der Waals surface area contributed by atoms with Gasteiger partial charge in [-0.2, -0.15) is 0 Å². The predicted molar refractivity (Wildman–Crippen MR) is 77.7 cm³/mol. The largest absolute Gasteiger partial charge is 0.484 e. The summed E-state index contributed by atoms with van der Waals surface area (Å²) in [6.07, 6.45) is 1.99. The summed E-state index contributed by atoms with van der Waals surface area (Å²) in [5.74, 6) is 0.760. The number of benzene rings is 1. The Labute approximate surface area is 120 Å². The molecule has 1 aliphatic rings. The molecule has 1 heterocycles. The second-order valence-corrected chi connectivity index (χ2v) is 4.85. The summed E-state index contributed by atoms with van der Waals surface area (Å²) < 4.78 is 5.51. The molecule has 19 heavy (non-hydrogen) atoms. The number of nitrogens with zero attached hydrogens (tertiary/aromatic N) is 1. The Bertz CT molecular complexity index is 426. The van der Waals surface area contributed by atoms with Crippen LogP contribution in [0, 0.1) is 6.92 Å². The Balaban J connectivity index is 0.00000180. The van der Waals surface area contributed by atoms with E-state index in [0.717, 1.165) is 30.7 Å².